The molecule has 1 aromatic rings. The van der Waals surface area contributed by atoms with Gasteiger partial charge in [-0.05, 0) is 18.1 Å². The van der Waals surface area contributed by atoms with Crippen molar-refractivity contribution in [3.05, 3.63) is 29.8 Å². The van der Waals surface area contributed by atoms with Crippen LogP contribution in [0.1, 0.15) is 5.56 Å². The zero-order valence-corrected chi connectivity index (χ0v) is 13.6. The van der Waals surface area contributed by atoms with Crippen LogP contribution in [0.25, 0.3) is 0 Å². The summed E-state index contributed by atoms with van der Waals surface area (Å²) in [7, 11) is -3.20. The number of nitrogens with one attached hydrogen (secondary N) is 2. The molecule has 2 heterocycles. The van der Waals surface area contributed by atoms with Crippen molar-refractivity contribution in [2.45, 2.75) is 18.6 Å². The summed E-state index contributed by atoms with van der Waals surface area (Å²) in [5.41, 5.74) is 2.41. The molecule has 0 aliphatic carbocycles. The Labute approximate surface area is 135 Å². The molecule has 2 aliphatic heterocycles. The molecule has 7 nitrogen and oxygen atoms in total. The highest BCUT2D eigenvalue weighted by molar-refractivity contribution is 7.91. The summed E-state index contributed by atoms with van der Waals surface area (Å²) in [5.74, 6) is -0.580. The van der Waals surface area contributed by atoms with Gasteiger partial charge in [0.2, 0.25) is 5.91 Å². The van der Waals surface area contributed by atoms with E-state index in [1.807, 2.05) is 18.2 Å². The number of aliphatic hydroxyl groups is 1. The average molecular weight is 339 g/mol. The van der Waals surface area contributed by atoms with E-state index in [4.69, 9.17) is 0 Å². The zero-order valence-electron chi connectivity index (χ0n) is 12.7. The molecule has 1 aromatic carbocycles. The summed E-state index contributed by atoms with van der Waals surface area (Å²) in [6, 6.07) is 7.53. The summed E-state index contributed by atoms with van der Waals surface area (Å²) < 4.78 is 22.8. The Morgan fingerprint density at radius 3 is 2.83 bits per heavy atom. The van der Waals surface area contributed by atoms with Crippen molar-refractivity contribution in [1.82, 2.24) is 10.6 Å². The van der Waals surface area contributed by atoms with Gasteiger partial charge in [-0.25, -0.2) is 8.42 Å². The van der Waals surface area contributed by atoms with Crippen molar-refractivity contribution < 1.29 is 18.3 Å². The first-order valence-corrected chi connectivity index (χ1v) is 9.48. The lowest BCUT2D eigenvalue weighted by molar-refractivity contribution is -0.120. The van der Waals surface area contributed by atoms with Crippen LogP contribution in [0.15, 0.2) is 24.3 Å². The smallest absolute Gasteiger partial charge is 0.235 e. The van der Waals surface area contributed by atoms with Crippen LogP contribution in [0.3, 0.4) is 0 Å². The summed E-state index contributed by atoms with van der Waals surface area (Å²) in [4.78, 5) is 14.0. The molecular weight excluding hydrogens is 318 g/mol. The Bertz CT molecular complexity index is 692. The van der Waals surface area contributed by atoms with Crippen LogP contribution >= 0.6 is 0 Å². The van der Waals surface area contributed by atoms with Gasteiger partial charge in [0.15, 0.2) is 9.84 Å². The van der Waals surface area contributed by atoms with Gasteiger partial charge in [-0.15, -0.1) is 0 Å². The zero-order chi connectivity index (χ0) is 16.4. The Morgan fingerprint density at radius 2 is 2.09 bits per heavy atom. The van der Waals surface area contributed by atoms with Crippen LogP contribution in [0.2, 0.25) is 0 Å². The number of nitrogens with zero attached hydrogens (tertiary/aromatic N) is 1. The second-order valence-electron chi connectivity index (χ2n) is 6.03. The van der Waals surface area contributed by atoms with Crippen molar-refractivity contribution in [1.29, 1.82) is 0 Å². The van der Waals surface area contributed by atoms with E-state index in [1.54, 1.807) is 0 Å². The molecule has 2 aliphatic rings. The molecular formula is C15H21N3O4S. The van der Waals surface area contributed by atoms with Gasteiger partial charge < -0.3 is 20.6 Å². The fourth-order valence-electron chi connectivity index (χ4n) is 3.06. The molecule has 126 valence electrons. The van der Waals surface area contributed by atoms with Gasteiger partial charge in [0.05, 0.1) is 30.8 Å². The van der Waals surface area contributed by atoms with Gasteiger partial charge in [0.25, 0.3) is 0 Å². The number of carbonyl (C=O) groups excluding carboxylic acids is 1. The fraction of sp³-hybridized carbons (Fsp3) is 0.533. The number of hydrogen-bond acceptors (Lipinski definition) is 6. The summed E-state index contributed by atoms with van der Waals surface area (Å²) in [5, 5.41) is 15.3. The van der Waals surface area contributed by atoms with E-state index < -0.39 is 22.0 Å². The lowest BCUT2D eigenvalue weighted by Crippen LogP contribution is -2.46. The molecule has 0 aromatic heterocycles. The first-order chi connectivity index (χ1) is 10.9. The second kappa shape index (κ2) is 6.46. The van der Waals surface area contributed by atoms with E-state index in [0.717, 1.165) is 18.7 Å². The van der Waals surface area contributed by atoms with Crippen molar-refractivity contribution in [3.8, 4) is 0 Å². The number of sulfone groups is 1. The van der Waals surface area contributed by atoms with E-state index >= 15 is 0 Å². The molecule has 0 radical (unpaired) electrons. The minimum absolute atomic E-state index is 0.00721. The van der Waals surface area contributed by atoms with Crippen molar-refractivity contribution in [3.63, 3.8) is 0 Å². The number of hydrogen-bond donors (Lipinski definition) is 3. The van der Waals surface area contributed by atoms with Gasteiger partial charge in [-0.1, -0.05) is 18.2 Å². The third-order valence-corrected chi connectivity index (χ3v) is 6.01. The van der Waals surface area contributed by atoms with Gasteiger partial charge in [-0.3, -0.25) is 4.79 Å². The predicted molar refractivity (Wildman–Crippen MR) is 87.0 cm³/mol. The van der Waals surface area contributed by atoms with Crippen LogP contribution in [0.4, 0.5) is 5.69 Å². The molecule has 0 bridgehead atoms. The van der Waals surface area contributed by atoms with Gasteiger partial charge in [0, 0.05) is 18.3 Å². The average Bonchev–Trinajstić information content (AvgIpc) is 3.03. The SMILES string of the molecule is O=C(CNC1CS(=O)(=O)CC1O)NCN1CCc2ccccc21. The number of para-hydroxylation sites is 1. The first kappa shape index (κ1) is 16.2. The molecule has 2 atom stereocenters. The third-order valence-electron chi connectivity index (χ3n) is 4.30. The number of carbonyl (C=O) groups is 1. The van der Waals surface area contributed by atoms with E-state index in [0.29, 0.717) is 6.67 Å². The Morgan fingerprint density at radius 1 is 1.30 bits per heavy atom. The number of anilines is 1. The van der Waals surface area contributed by atoms with Crippen LogP contribution in [0.5, 0.6) is 0 Å². The Balaban J connectivity index is 1.44. The summed E-state index contributed by atoms with van der Waals surface area (Å²) in [6.45, 7) is 1.28. The lowest BCUT2D eigenvalue weighted by atomic mass is 10.2. The molecule has 8 heteroatoms. The Hall–Kier alpha value is -1.64. The number of fused-ring (bicyclic) bond motifs is 1. The molecule has 1 amide bonds. The highest BCUT2D eigenvalue weighted by atomic mass is 32.2. The molecule has 3 rings (SSSR count). The molecule has 1 saturated heterocycles. The monoisotopic (exact) mass is 339 g/mol. The Kier molecular flexibility index (Phi) is 4.56. The molecule has 2 unspecified atom stereocenters. The van der Waals surface area contributed by atoms with Crippen molar-refractivity contribution in [2.24, 2.45) is 0 Å². The molecule has 1 fully saturated rings. The van der Waals surface area contributed by atoms with Gasteiger partial charge >= 0.3 is 0 Å². The second-order valence-corrected chi connectivity index (χ2v) is 8.19. The predicted octanol–water partition coefficient (Wildman–Crippen LogP) is -1.13. The maximum atomic E-state index is 11.9. The van der Waals surface area contributed by atoms with Gasteiger partial charge in [-0.2, -0.15) is 0 Å². The molecule has 3 N–H and O–H groups in total. The minimum atomic E-state index is -3.20. The maximum absolute atomic E-state index is 11.9. The highest BCUT2D eigenvalue weighted by Crippen LogP contribution is 2.26. The van der Waals surface area contributed by atoms with E-state index in [9.17, 15) is 18.3 Å². The van der Waals surface area contributed by atoms with Crippen LogP contribution in [-0.4, -0.2) is 62.8 Å². The molecule has 0 saturated carbocycles. The number of rotatable bonds is 5. The van der Waals surface area contributed by atoms with Crippen LogP contribution < -0.4 is 15.5 Å². The van der Waals surface area contributed by atoms with Crippen molar-refractivity contribution >= 4 is 21.4 Å². The topological polar surface area (TPSA) is 98.7 Å². The van der Waals surface area contributed by atoms with Crippen molar-refractivity contribution in [2.75, 3.05) is 36.2 Å². The normalized spacial score (nSPS) is 25.3. The summed E-state index contributed by atoms with van der Waals surface area (Å²) in [6.07, 6.45) is 0.0226. The molecule has 23 heavy (non-hydrogen) atoms. The largest absolute Gasteiger partial charge is 0.390 e. The van der Waals surface area contributed by atoms with Crippen LogP contribution in [-0.2, 0) is 21.1 Å². The molecule has 0 spiro atoms. The number of aliphatic hydroxyl groups excluding tert-OH is 1. The van der Waals surface area contributed by atoms with E-state index in [-0.39, 0.29) is 24.0 Å². The third kappa shape index (κ3) is 3.82. The standard InChI is InChI=1S/C15H21N3O4S/c19-14-9-23(21,22)8-12(14)16-7-15(20)17-10-18-6-5-11-3-1-2-4-13(11)18/h1-4,12,14,16,19H,5-10H2,(H,17,20). The highest BCUT2D eigenvalue weighted by Gasteiger charge is 2.36. The quantitative estimate of drug-likeness (QED) is 0.628. The van der Waals surface area contributed by atoms with E-state index in [1.165, 1.54) is 5.56 Å². The van der Waals surface area contributed by atoms with E-state index in [2.05, 4.69) is 21.6 Å². The summed E-state index contributed by atoms with van der Waals surface area (Å²) >= 11 is 0. The van der Waals surface area contributed by atoms with Crippen LogP contribution in [0, 0.1) is 0 Å². The lowest BCUT2D eigenvalue weighted by Gasteiger charge is -2.20. The minimum Gasteiger partial charge on any atom is -0.390 e. The fourth-order valence-corrected chi connectivity index (χ4v) is 4.84. The maximum Gasteiger partial charge on any atom is 0.235 e. The van der Waals surface area contributed by atoms with Gasteiger partial charge in [0.1, 0.15) is 0 Å². The first-order valence-electron chi connectivity index (χ1n) is 7.66. The number of benzene rings is 1. The number of amides is 1.